The van der Waals surface area contributed by atoms with Crippen molar-refractivity contribution in [3.8, 4) is 5.75 Å². The first kappa shape index (κ1) is 16.4. The lowest BCUT2D eigenvalue weighted by atomic mass is 9.78. The maximum atomic E-state index is 10.9. The van der Waals surface area contributed by atoms with Gasteiger partial charge in [0.25, 0.3) is 0 Å². The van der Waals surface area contributed by atoms with Crippen LogP contribution in [-0.4, -0.2) is 23.6 Å². The van der Waals surface area contributed by atoms with E-state index in [2.05, 4.69) is 65.6 Å². The van der Waals surface area contributed by atoms with Gasteiger partial charge in [-0.05, 0) is 54.5 Å². The average molecular weight is 289 g/mol. The second-order valence-electron chi connectivity index (χ2n) is 8.60. The van der Waals surface area contributed by atoms with E-state index in [-0.39, 0.29) is 10.8 Å². The largest absolute Gasteiger partial charge is 0.507 e. The van der Waals surface area contributed by atoms with Gasteiger partial charge in [-0.3, -0.25) is 4.90 Å². The van der Waals surface area contributed by atoms with Crippen LogP contribution >= 0.6 is 0 Å². The van der Waals surface area contributed by atoms with Crippen molar-refractivity contribution < 1.29 is 5.11 Å². The first-order valence-corrected chi connectivity index (χ1v) is 8.10. The molecular weight excluding hydrogens is 258 g/mol. The Balaban J connectivity index is 2.63. The van der Waals surface area contributed by atoms with Gasteiger partial charge >= 0.3 is 0 Å². The van der Waals surface area contributed by atoms with E-state index in [9.17, 15) is 5.11 Å². The fraction of sp³-hybridized carbons (Fsp3) is 0.684. The van der Waals surface area contributed by atoms with E-state index in [1.54, 1.807) is 0 Å². The van der Waals surface area contributed by atoms with Crippen molar-refractivity contribution in [1.82, 2.24) is 4.90 Å². The van der Waals surface area contributed by atoms with Crippen LogP contribution in [0.25, 0.3) is 0 Å². The molecular formula is C19H31NO. The molecule has 1 fully saturated rings. The van der Waals surface area contributed by atoms with Gasteiger partial charge in [0, 0.05) is 11.6 Å². The fourth-order valence-electron chi connectivity index (χ4n) is 3.22. The van der Waals surface area contributed by atoms with Gasteiger partial charge in [0.2, 0.25) is 0 Å². The Morgan fingerprint density at radius 2 is 1.67 bits per heavy atom. The van der Waals surface area contributed by atoms with Crippen LogP contribution in [0.5, 0.6) is 5.75 Å². The third kappa shape index (κ3) is 3.26. The molecule has 1 aromatic carbocycles. The third-order valence-electron chi connectivity index (χ3n) is 4.69. The SMILES string of the molecule is CN1CCCC1c1cc(C(C)(C)C)cc(C(C)(C)C)c1O. The predicted octanol–water partition coefficient (Wildman–Crippen LogP) is 4.75. The molecule has 2 rings (SSSR count). The van der Waals surface area contributed by atoms with Gasteiger partial charge in [-0.1, -0.05) is 47.6 Å². The van der Waals surface area contributed by atoms with Gasteiger partial charge in [-0.25, -0.2) is 0 Å². The first-order valence-electron chi connectivity index (χ1n) is 8.10. The minimum Gasteiger partial charge on any atom is -0.507 e. The van der Waals surface area contributed by atoms with Gasteiger partial charge in [0.1, 0.15) is 5.75 Å². The fourth-order valence-corrected chi connectivity index (χ4v) is 3.22. The molecule has 21 heavy (non-hydrogen) atoms. The van der Waals surface area contributed by atoms with E-state index in [0.717, 1.165) is 24.1 Å². The number of hydrogen-bond donors (Lipinski definition) is 1. The lowest BCUT2D eigenvalue weighted by Crippen LogP contribution is -2.22. The van der Waals surface area contributed by atoms with Crippen molar-refractivity contribution in [2.24, 2.45) is 0 Å². The van der Waals surface area contributed by atoms with Gasteiger partial charge in [0.15, 0.2) is 0 Å². The quantitative estimate of drug-likeness (QED) is 0.806. The summed E-state index contributed by atoms with van der Waals surface area (Å²) in [7, 11) is 2.16. The molecule has 1 unspecified atom stereocenters. The lowest BCUT2D eigenvalue weighted by molar-refractivity contribution is 0.306. The van der Waals surface area contributed by atoms with Crippen LogP contribution in [0.4, 0.5) is 0 Å². The summed E-state index contributed by atoms with van der Waals surface area (Å²) in [5.41, 5.74) is 3.56. The molecule has 1 aliphatic rings. The summed E-state index contributed by atoms with van der Waals surface area (Å²) >= 11 is 0. The Bertz CT molecular complexity index is 520. The summed E-state index contributed by atoms with van der Waals surface area (Å²) < 4.78 is 0. The molecule has 2 heteroatoms. The summed E-state index contributed by atoms with van der Waals surface area (Å²) in [4.78, 5) is 2.37. The molecule has 2 nitrogen and oxygen atoms in total. The highest BCUT2D eigenvalue weighted by Crippen LogP contribution is 2.43. The molecule has 1 N–H and O–H groups in total. The third-order valence-corrected chi connectivity index (χ3v) is 4.69. The van der Waals surface area contributed by atoms with E-state index in [1.807, 2.05) is 0 Å². The number of likely N-dealkylation sites (tertiary alicyclic amines) is 1. The standard InChI is InChI=1S/C19H31NO/c1-18(2,3)13-11-14(16-9-8-10-20(16)7)17(21)15(12-13)19(4,5)6/h11-12,16,21H,8-10H2,1-7H3. The van der Waals surface area contributed by atoms with Crippen LogP contribution in [-0.2, 0) is 10.8 Å². The molecule has 0 aromatic heterocycles. The summed E-state index contributed by atoms with van der Waals surface area (Å²) in [5.74, 6) is 0.509. The van der Waals surface area contributed by atoms with Crippen LogP contribution in [0.15, 0.2) is 12.1 Å². The number of aromatic hydroxyl groups is 1. The topological polar surface area (TPSA) is 23.5 Å². The molecule has 0 spiro atoms. The summed E-state index contributed by atoms with van der Waals surface area (Å²) in [5, 5.41) is 10.9. The highest BCUT2D eigenvalue weighted by molar-refractivity contribution is 5.50. The number of nitrogens with zero attached hydrogens (tertiary/aromatic N) is 1. The monoisotopic (exact) mass is 289 g/mol. The van der Waals surface area contributed by atoms with E-state index in [0.29, 0.717) is 11.8 Å². The molecule has 1 heterocycles. The summed E-state index contributed by atoms with van der Waals surface area (Å²) in [6.45, 7) is 14.4. The van der Waals surface area contributed by atoms with Crippen molar-refractivity contribution in [2.75, 3.05) is 13.6 Å². The van der Waals surface area contributed by atoms with Crippen molar-refractivity contribution in [3.05, 3.63) is 28.8 Å². The van der Waals surface area contributed by atoms with Gasteiger partial charge < -0.3 is 5.11 Å². The smallest absolute Gasteiger partial charge is 0.124 e. The number of hydrogen-bond acceptors (Lipinski definition) is 2. The highest BCUT2D eigenvalue weighted by Gasteiger charge is 2.30. The van der Waals surface area contributed by atoms with E-state index < -0.39 is 0 Å². The number of rotatable bonds is 1. The van der Waals surface area contributed by atoms with Crippen LogP contribution in [0.1, 0.15) is 77.1 Å². The minimum atomic E-state index is -0.0444. The molecule has 1 saturated heterocycles. The predicted molar refractivity (Wildman–Crippen MR) is 90.1 cm³/mol. The van der Waals surface area contributed by atoms with Crippen LogP contribution in [0, 0.1) is 0 Å². The number of phenols is 1. The van der Waals surface area contributed by atoms with Crippen molar-refractivity contribution >= 4 is 0 Å². The summed E-state index contributed by atoms with van der Waals surface area (Å²) in [6, 6.07) is 4.79. The maximum Gasteiger partial charge on any atom is 0.124 e. The average Bonchev–Trinajstić information content (AvgIpc) is 2.72. The Morgan fingerprint density at radius 3 is 2.10 bits per heavy atom. The zero-order valence-electron chi connectivity index (χ0n) is 14.7. The zero-order valence-corrected chi connectivity index (χ0v) is 14.7. The summed E-state index contributed by atoms with van der Waals surface area (Å²) in [6.07, 6.45) is 2.35. The molecule has 118 valence electrons. The molecule has 1 aliphatic heterocycles. The minimum absolute atomic E-state index is 0.0444. The molecule has 0 radical (unpaired) electrons. The zero-order chi connectivity index (χ0) is 16.0. The Kier molecular flexibility index (Phi) is 4.14. The normalized spacial score (nSPS) is 21.0. The number of phenolic OH excluding ortho intramolecular Hbond substituents is 1. The molecule has 1 aromatic rings. The Morgan fingerprint density at radius 1 is 1.05 bits per heavy atom. The Labute approximate surface area is 130 Å². The van der Waals surface area contributed by atoms with Gasteiger partial charge in [-0.15, -0.1) is 0 Å². The van der Waals surface area contributed by atoms with Gasteiger partial charge in [0.05, 0.1) is 0 Å². The van der Waals surface area contributed by atoms with Crippen LogP contribution < -0.4 is 0 Å². The molecule has 1 atom stereocenters. The lowest BCUT2D eigenvalue weighted by Gasteiger charge is -2.30. The Hall–Kier alpha value is -1.02. The first-order chi connectivity index (χ1) is 9.51. The van der Waals surface area contributed by atoms with E-state index in [1.165, 1.54) is 12.0 Å². The molecule has 0 saturated carbocycles. The highest BCUT2D eigenvalue weighted by atomic mass is 16.3. The van der Waals surface area contributed by atoms with Crippen molar-refractivity contribution in [1.29, 1.82) is 0 Å². The molecule has 0 bridgehead atoms. The van der Waals surface area contributed by atoms with Crippen molar-refractivity contribution in [2.45, 2.75) is 71.3 Å². The second-order valence-corrected chi connectivity index (χ2v) is 8.60. The molecule has 0 amide bonds. The van der Waals surface area contributed by atoms with E-state index >= 15 is 0 Å². The second kappa shape index (κ2) is 5.31. The van der Waals surface area contributed by atoms with Crippen LogP contribution in [0.3, 0.4) is 0 Å². The van der Waals surface area contributed by atoms with Crippen LogP contribution in [0.2, 0.25) is 0 Å². The molecule has 0 aliphatic carbocycles. The number of benzene rings is 1. The van der Waals surface area contributed by atoms with Gasteiger partial charge in [-0.2, -0.15) is 0 Å². The maximum absolute atomic E-state index is 10.9. The van der Waals surface area contributed by atoms with Crippen molar-refractivity contribution in [3.63, 3.8) is 0 Å². The van der Waals surface area contributed by atoms with E-state index in [4.69, 9.17) is 0 Å².